The molecule has 1 aromatic carbocycles. The van der Waals surface area contributed by atoms with Crippen LogP contribution in [0.3, 0.4) is 0 Å². The molecule has 0 spiro atoms. The molecule has 0 unspecified atom stereocenters. The molecule has 119 valence electrons. The smallest absolute Gasteiger partial charge is 0.248 e. The van der Waals surface area contributed by atoms with Crippen LogP contribution in [0.25, 0.3) is 5.32 Å². The minimum Gasteiger partial charge on any atom is -0.587 e. The standard InChI is InChI=1S/C9H6N2O3.C4H9.C3H8.Y/c10-7(12)4-1-2-5-6(3-4)9(14)11-8(5)13;1-4(2)3;1-3-2;/h1-3H,(H3,10,11,12,13,14);1-3H3;3H2,1-2H3;/q;-1;;/p-1. The molecule has 0 saturated heterocycles. The van der Waals surface area contributed by atoms with Gasteiger partial charge in [-0.25, -0.2) is 0 Å². The van der Waals surface area contributed by atoms with E-state index >= 15 is 0 Å². The van der Waals surface area contributed by atoms with E-state index in [1.165, 1.54) is 30.5 Å². The maximum atomic E-state index is 11.1. The number of amides is 3. The average Bonchev–Trinajstić information content (AvgIpc) is 2.65. The number of benzene rings is 1. The maximum Gasteiger partial charge on any atom is 0.248 e. The predicted octanol–water partition coefficient (Wildman–Crippen LogP) is 3.49. The van der Waals surface area contributed by atoms with Crippen LogP contribution < -0.4 is 5.73 Å². The summed E-state index contributed by atoms with van der Waals surface area (Å²) < 4.78 is 0. The molecule has 2 rings (SSSR count). The molecular formula is C16H22N2O3Y-2. The zero-order chi connectivity index (χ0) is 16.6. The van der Waals surface area contributed by atoms with Crippen molar-refractivity contribution in [3.63, 3.8) is 0 Å². The van der Waals surface area contributed by atoms with E-state index in [9.17, 15) is 14.4 Å². The van der Waals surface area contributed by atoms with E-state index in [0.717, 1.165) is 0 Å². The molecule has 0 saturated carbocycles. The Labute approximate surface area is 157 Å². The second-order valence-electron chi connectivity index (χ2n) is 5.05. The summed E-state index contributed by atoms with van der Waals surface area (Å²) in [7, 11) is 0. The first-order valence-corrected chi connectivity index (χ1v) is 6.75. The van der Waals surface area contributed by atoms with Gasteiger partial charge in [-0.3, -0.25) is 4.79 Å². The summed E-state index contributed by atoms with van der Waals surface area (Å²) >= 11 is 0. The van der Waals surface area contributed by atoms with Gasteiger partial charge in [0.15, 0.2) is 0 Å². The molecule has 0 bridgehead atoms. The third-order valence-corrected chi connectivity index (χ3v) is 1.97. The van der Waals surface area contributed by atoms with Crippen molar-refractivity contribution >= 4 is 17.7 Å². The van der Waals surface area contributed by atoms with Crippen molar-refractivity contribution in [1.82, 2.24) is 0 Å². The molecule has 22 heavy (non-hydrogen) atoms. The summed E-state index contributed by atoms with van der Waals surface area (Å²) in [4.78, 5) is 32.9. The number of rotatable bonds is 1. The Morgan fingerprint density at radius 1 is 1.09 bits per heavy atom. The molecule has 1 aliphatic heterocycles. The molecular weight excluding hydrogens is 357 g/mol. The van der Waals surface area contributed by atoms with Crippen molar-refractivity contribution < 1.29 is 47.1 Å². The summed E-state index contributed by atoms with van der Waals surface area (Å²) in [6, 6.07) is 4.06. The van der Waals surface area contributed by atoms with Gasteiger partial charge in [0, 0.05) is 49.4 Å². The first-order chi connectivity index (χ1) is 9.74. The van der Waals surface area contributed by atoms with Gasteiger partial charge in [0.05, 0.1) is 11.8 Å². The van der Waals surface area contributed by atoms with Gasteiger partial charge in [-0.2, -0.15) is 20.8 Å². The number of nitrogens with zero attached hydrogens (tertiary/aromatic N) is 1. The molecule has 0 fully saturated rings. The number of hydrogen-bond donors (Lipinski definition) is 1. The van der Waals surface area contributed by atoms with Gasteiger partial charge in [-0.1, -0.05) is 26.3 Å². The number of nitrogens with two attached hydrogens (primary N) is 1. The van der Waals surface area contributed by atoms with Crippen molar-refractivity contribution in [3.05, 3.63) is 46.1 Å². The van der Waals surface area contributed by atoms with Crippen LogP contribution in [0.15, 0.2) is 18.2 Å². The maximum absolute atomic E-state index is 11.1. The third-order valence-electron chi connectivity index (χ3n) is 1.97. The minimum absolute atomic E-state index is 0. The molecule has 5 nitrogen and oxygen atoms in total. The Kier molecular flexibility index (Phi) is 12.1. The topological polar surface area (TPSA) is 91.3 Å². The van der Waals surface area contributed by atoms with Crippen LogP contribution in [0, 0.1) is 5.92 Å². The normalized spacial score (nSPS) is 11.2. The molecule has 6 heteroatoms. The number of primary amides is 1. The van der Waals surface area contributed by atoms with Crippen molar-refractivity contribution in [2.45, 2.75) is 41.0 Å². The fourth-order valence-electron chi connectivity index (χ4n) is 1.27. The van der Waals surface area contributed by atoms with Crippen LogP contribution in [0.4, 0.5) is 0 Å². The number of imide groups is 1. The minimum atomic E-state index is -0.639. The van der Waals surface area contributed by atoms with Crippen LogP contribution in [-0.4, -0.2) is 17.7 Å². The molecule has 0 aromatic heterocycles. The summed E-state index contributed by atoms with van der Waals surface area (Å²) in [5.41, 5.74) is 5.59. The van der Waals surface area contributed by atoms with Gasteiger partial charge in [-0.05, 0) is 12.1 Å². The SMILES string of the molecule is CCC.C[C-](C)C.NC(=O)c1ccc2c(c1)C(=O)[N-]C2=O.[Y]. The van der Waals surface area contributed by atoms with E-state index in [1.54, 1.807) is 0 Å². The average molecular weight is 379 g/mol. The monoisotopic (exact) mass is 379 g/mol. The molecule has 1 radical (unpaired) electrons. The van der Waals surface area contributed by atoms with Crippen LogP contribution >= 0.6 is 0 Å². The Morgan fingerprint density at radius 2 is 1.50 bits per heavy atom. The van der Waals surface area contributed by atoms with Crippen molar-refractivity contribution in [2.75, 3.05) is 0 Å². The predicted molar refractivity (Wildman–Crippen MR) is 83.2 cm³/mol. The van der Waals surface area contributed by atoms with Crippen molar-refractivity contribution in [3.8, 4) is 0 Å². The quantitative estimate of drug-likeness (QED) is 0.598. The molecule has 0 aliphatic carbocycles. The van der Waals surface area contributed by atoms with E-state index in [1.807, 2.05) is 0 Å². The zero-order valence-electron chi connectivity index (χ0n) is 13.8. The first kappa shape index (κ1) is 23.2. The van der Waals surface area contributed by atoms with Crippen molar-refractivity contribution in [1.29, 1.82) is 0 Å². The van der Waals surface area contributed by atoms with Crippen LogP contribution in [0.5, 0.6) is 0 Å². The molecule has 1 aliphatic rings. The number of hydrogen-bond acceptors (Lipinski definition) is 3. The van der Waals surface area contributed by atoms with Crippen molar-refractivity contribution in [2.24, 2.45) is 5.73 Å². The number of fused-ring (bicyclic) bond motifs is 1. The van der Waals surface area contributed by atoms with E-state index in [4.69, 9.17) is 5.73 Å². The summed E-state index contributed by atoms with van der Waals surface area (Å²) in [5, 5.41) is 3.23. The van der Waals surface area contributed by atoms with E-state index < -0.39 is 17.7 Å². The van der Waals surface area contributed by atoms with Gasteiger partial charge in [-0.15, -0.1) is 0 Å². The molecule has 1 aromatic rings. The van der Waals surface area contributed by atoms with Gasteiger partial charge >= 0.3 is 0 Å². The number of carbonyl (C=O) groups is 3. The number of carbonyl (C=O) groups excluding carboxylic acids is 3. The summed E-state index contributed by atoms with van der Waals surface area (Å²) in [5.74, 6) is -0.408. The van der Waals surface area contributed by atoms with E-state index in [2.05, 4.69) is 39.9 Å². The Balaban J connectivity index is 0. The Morgan fingerprint density at radius 3 is 1.91 bits per heavy atom. The molecule has 2 N–H and O–H groups in total. The second kappa shape index (κ2) is 11.5. The second-order valence-corrected chi connectivity index (χ2v) is 5.05. The largest absolute Gasteiger partial charge is 0.587 e. The zero-order valence-corrected chi connectivity index (χ0v) is 16.6. The summed E-state index contributed by atoms with van der Waals surface area (Å²) in [6.45, 7) is 10.5. The molecule has 3 amide bonds. The van der Waals surface area contributed by atoms with E-state index in [0.29, 0.717) is 0 Å². The van der Waals surface area contributed by atoms with E-state index in [-0.39, 0.29) is 49.4 Å². The fraction of sp³-hybridized carbons (Fsp3) is 0.375. The third kappa shape index (κ3) is 7.80. The Bertz CT molecular complexity index is 525. The molecule has 1 heterocycles. The Hall–Kier alpha value is -1.07. The van der Waals surface area contributed by atoms with Crippen LogP contribution in [0.1, 0.15) is 72.1 Å². The van der Waals surface area contributed by atoms with Gasteiger partial charge in [0.2, 0.25) is 5.91 Å². The van der Waals surface area contributed by atoms with Gasteiger partial charge in [0.25, 0.3) is 0 Å². The van der Waals surface area contributed by atoms with Crippen LogP contribution in [-0.2, 0) is 32.7 Å². The first-order valence-electron chi connectivity index (χ1n) is 6.75. The molecule has 0 atom stereocenters. The van der Waals surface area contributed by atoms with Gasteiger partial charge in [0.1, 0.15) is 0 Å². The summed E-state index contributed by atoms with van der Waals surface area (Å²) in [6.07, 6.45) is 1.25. The fourth-order valence-corrected chi connectivity index (χ4v) is 1.27. The van der Waals surface area contributed by atoms with Crippen LogP contribution in [0.2, 0.25) is 0 Å². The van der Waals surface area contributed by atoms with Gasteiger partial charge < -0.3 is 26.6 Å².